The quantitative estimate of drug-likeness (QED) is 0.616. The molecule has 0 fully saturated rings. The number of hydrogen-bond donors (Lipinski definition) is 1. The summed E-state index contributed by atoms with van der Waals surface area (Å²) in [6, 6.07) is 24.4. The standard InChI is InChI=1S/C23H21NO4/c1-27-23(26)19-12-5-7-13-20(19)24-22(25)15-16-28-21-14-8-6-11-18(21)17-9-3-2-4-10-17/h2-14H,15-16H2,1H3,(H,24,25). The van der Waals surface area contributed by atoms with Crippen LogP contribution in [0.15, 0.2) is 78.9 Å². The second-order valence-corrected chi connectivity index (χ2v) is 6.05. The van der Waals surface area contributed by atoms with Crippen molar-refractivity contribution in [3.8, 4) is 16.9 Å². The number of para-hydroxylation sites is 2. The van der Waals surface area contributed by atoms with Crippen LogP contribution in [0.4, 0.5) is 5.69 Å². The molecule has 0 heterocycles. The zero-order chi connectivity index (χ0) is 19.8. The Morgan fingerprint density at radius 2 is 1.54 bits per heavy atom. The van der Waals surface area contributed by atoms with Crippen LogP contribution in [0.3, 0.4) is 0 Å². The maximum absolute atomic E-state index is 12.3. The van der Waals surface area contributed by atoms with Crippen molar-refractivity contribution in [2.75, 3.05) is 19.0 Å². The molecule has 0 aliphatic carbocycles. The van der Waals surface area contributed by atoms with Crippen molar-refractivity contribution in [2.24, 2.45) is 0 Å². The van der Waals surface area contributed by atoms with Crippen LogP contribution in [0, 0.1) is 0 Å². The number of ether oxygens (including phenoxy) is 2. The molecule has 0 aliphatic heterocycles. The third-order valence-corrected chi connectivity index (χ3v) is 4.17. The molecule has 142 valence electrons. The highest BCUT2D eigenvalue weighted by Gasteiger charge is 2.13. The van der Waals surface area contributed by atoms with Gasteiger partial charge in [-0.3, -0.25) is 4.79 Å². The van der Waals surface area contributed by atoms with Crippen molar-refractivity contribution in [3.05, 3.63) is 84.4 Å². The molecule has 3 aromatic carbocycles. The molecule has 3 rings (SSSR count). The van der Waals surface area contributed by atoms with Gasteiger partial charge in [0.2, 0.25) is 5.91 Å². The minimum atomic E-state index is -0.496. The lowest BCUT2D eigenvalue weighted by Crippen LogP contribution is -2.17. The first-order valence-electron chi connectivity index (χ1n) is 8.93. The van der Waals surface area contributed by atoms with E-state index in [1.54, 1.807) is 24.3 Å². The molecule has 0 radical (unpaired) electrons. The monoisotopic (exact) mass is 375 g/mol. The van der Waals surface area contributed by atoms with Crippen LogP contribution in [-0.4, -0.2) is 25.6 Å². The summed E-state index contributed by atoms with van der Waals surface area (Å²) in [6.45, 7) is 0.218. The molecule has 1 N–H and O–H groups in total. The van der Waals surface area contributed by atoms with E-state index in [1.165, 1.54) is 7.11 Å². The van der Waals surface area contributed by atoms with E-state index in [1.807, 2.05) is 54.6 Å². The summed E-state index contributed by atoms with van der Waals surface area (Å²) in [7, 11) is 1.30. The van der Waals surface area contributed by atoms with E-state index in [0.29, 0.717) is 11.3 Å². The third-order valence-electron chi connectivity index (χ3n) is 4.17. The fourth-order valence-electron chi connectivity index (χ4n) is 2.80. The van der Waals surface area contributed by atoms with Gasteiger partial charge in [-0.1, -0.05) is 60.7 Å². The summed E-state index contributed by atoms with van der Waals surface area (Å²) in [5.41, 5.74) is 2.76. The Morgan fingerprint density at radius 3 is 2.32 bits per heavy atom. The molecule has 0 aliphatic rings. The molecule has 5 nitrogen and oxygen atoms in total. The molecule has 0 saturated heterocycles. The number of carbonyl (C=O) groups is 2. The second-order valence-electron chi connectivity index (χ2n) is 6.05. The lowest BCUT2D eigenvalue weighted by molar-refractivity contribution is -0.116. The van der Waals surface area contributed by atoms with E-state index in [-0.39, 0.29) is 18.9 Å². The fourth-order valence-corrected chi connectivity index (χ4v) is 2.80. The third kappa shape index (κ3) is 4.76. The Bertz CT molecular complexity index is 954. The summed E-state index contributed by atoms with van der Waals surface area (Å²) >= 11 is 0. The summed E-state index contributed by atoms with van der Waals surface area (Å²) in [4.78, 5) is 24.1. The Hall–Kier alpha value is -3.60. The molecule has 3 aromatic rings. The highest BCUT2D eigenvalue weighted by atomic mass is 16.5. The van der Waals surface area contributed by atoms with Gasteiger partial charge in [0.25, 0.3) is 0 Å². The number of carbonyl (C=O) groups excluding carboxylic acids is 2. The van der Waals surface area contributed by atoms with E-state index >= 15 is 0 Å². The summed E-state index contributed by atoms with van der Waals surface area (Å²) in [5, 5.41) is 2.74. The van der Waals surface area contributed by atoms with Crippen LogP contribution in [0.1, 0.15) is 16.8 Å². The van der Waals surface area contributed by atoms with Crippen LogP contribution in [0.2, 0.25) is 0 Å². The van der Waals surface area contributed by atoms with Crippen molar-refractivity contribution in [2.45, 2.75) is 6.42 Å². The fraction of sp³-hybridized carbons (Fsp3) is 0.130. The molecule has 0 bridgehead atoms. The highest BCUT2D eigenvalue weighted by Crippen LogP contribution is 2.29. The van der Waals surface area contributed by atoms with Crippen molar-refractivity contribution < 1.29 is 19.1 Å². The van der Waals surface area contributed by atoms with Crippen LogP contribution in [-0.2, 0) is 9.53 Å². The van der Waals surface area contributed by atoms with Gasteiger partial charge in [0.15, 0.2) is 0 Å². The first kappa shape index (κ1) is 19.2. The van der Waals surface area contributed by atoms with Crippen LogP contribution in [0.25, 0.3) is 11.1 Å². The number of nitrogens with one attached hydrogen (secondary N) is 1. The van der Waals surface area contributed by atoms with Gasteiger partial charge in [0.05, 0.1) is 31.4 Å². The Kier molecular flexibility index (Phi) is 6.41. The molecule has 0 saturated carbocycles. The van der Waals surface area contributed by atoms with E-state index in [4.69, 9.17) is 9.47 Å². The molecule has 0 atom stereocenters. The smallest absolute Gasteiger partial charge is 0.339 e. The number of esters is 1. The van der Waals surface area contributed by atoms with Gasteiger partial charge in [-0.15, -0.1) is 0 Å². The van der Waals surface area contributed by atoms with Crippen LogP contribution in [0.5, 0.6) is 5.75 Å². The normalized spacial score (nSPS) is 10.2. The summed E-state index contributed by atoms with van der Waals surface area (Å²) in [5.74, 6) is -0.0195. The molecule has 5 heteroatoms. The zero-order valence-corrected chi connectivity index (χ0v) is 15.6. The average Bonchev–Trinajstić information content (AvgIpc) is 2.74. The largest absolute Gasteiger partial charge is 0.492 e. The zero-order valence-electron chi connectivity index (χ0n) is 15.6. The van der Waals surface area contributed by atoms with E-state index in [0.717, 1.165) is 16.9 Å². The van der Waals surface area contributed by atoms with Gasteiger partial charge in [-0.25, -0.2) is 4.79 Å². The Balaban J connectivity index is 1.61. The van der Waals surface area contributed by atoms with Crippen molar-refractivity contribution in [1.29, 1.82) is 0 Å². The minimum Gasteiger partial charge on any atom is -0.492 e. The second kappa shape index (κ2) is 9.37. The van der Waals surface area contributed by atoms with E-state index < -0.39 is 5.97 Å². The van der Waals surface area contributed by atoms with E-state index in [2.05, 4.69) is 5.32 Å². The van der Waals surface area contributed by atoms with Crippen LogP contribution < -0.4 is 10.1 Å². The molecular weight excluding hydrogens is 354 g/mol. The molecule has 0 unspecified atom stereocenters. The van der Waals surface area contributed by atoms with Crippen LogP contribution >= 0.6 is 0 Å². The minimum absolute atomic E-state index is 0.151. The maximum Gasteiger partial charge on any atom is 0.339 e. The molecule has 0 spiro atoms. The molecule has 0 aromatic heterocycles. The number of methoxy groups -OCH3 is 1. The lowest BCUT2D eigenvalue weighted by atomic mass is 10.1. The van der Waals surface area contributed by atoms with Crippen molar-refractivity contribution >= 4 is 17.6 Å². The topological polar surface area (TPSA) is 64.6 Å². The summed E-state index contributed by atoms with van der Waals surface area (Å²) < 4.78 is 10.6. The number of benzene rings is 3. The Labute approximate surface area is 163 Å². The lowest BCUT2D eigenvalue weighted by Gasteiger charge is -2.12. The van der Waals surface area contributed by atoms with Gasteiger partial charge in [-0.2, -0.15) is 0 Å². The van der Waals surface area contributed by atoms with Gasteiger partial charge in [0, 0.05) is 5.56 Å². The SMILES string of the molecule is COC(=O)c1ccccc1NC(=O)CCOc1ccccc1-c1ccccc1. The first-order chi connectivity index (χ1) is 13.7. The molecular formula is C23H21NO4. The predicted molar refractivity (Wildman–Crippen MR) is 108 cm³/mol. The van der Waals surface area contributed by atoms with Gasteiger partial charge in [-0.05, 0) is 23.8 Å². The molecule has 28 heavy (non-hydrogen) atoms. The average molecular weight is 375 g/mol. The maximum atomic E-state index is 12.3. The molecule has 1 amide bonds. The van der Waals surface area contributed by atoms with E-state index in [9.17, 15) is 9.59 Å². The summed E-state index contributed by atoms with van der Waals surface area (Å²) in [6.07, 6.45) is 0.151. The number of anilines is 1. The van der Waals surface area contributed by atoms with Gasteiger partial charge in [0.1, 0.15) is 5.75 Å². The van der Waals surface area contributed by atoms with Crippen molar-refractivity contribution in [3.63, 3.8) is 0 Å². The predicted octanol–water partition coefficient (Wildman–Crippen LogP) is 4.55. The van der Waals surface area contributed by atoms with Crippen molar-refractivity contribution in [1.82, 2.24) is 0 Å². The number of rotatable bonds is 7. The van der Waals surface area contributed by atoms with Gasteiger partial charge >= 0.3 is 5.97 Å². The van der Waals surface area contributed by atoms with Gasteiger partial charge < -0.3 is 14.8 Å². The number of hydrogen-bond acceptors (Lipinski definition) is 4. The highest BCUT2D eigenvalue weighted by molar-refractivity contribution is 6.01. The first-order valence-corrected chi connectivity index (χ1v) is 8.93. The Morgan fingerprint density at radius 1 is 0.857 bits per heavy atom. The number of amides is 1.